The summed E-state index contributed by atoms with van der Waals surface area (Å²) in [5.74, 6) is -1.15. The summed E-state index contributed by atoms with van der Waals surface area (Å²) in [5.41, 5.74) is -1.73. The zero-order valence-electron chi connectivity index (χ0n) is 24.2. The van der Waals surface area contributed by atoms with Crippen molar-refractivity contribution >= 4 is 39.1 Å². The third-order valence-electron chi connectivity index (χ3n) is 7.10. The molecule has 236 valence electrons. The molecule has 0 radical (unpaired) electrons. The van der Waals surface area contributed by atoms with E-state index < -0.39 is 52.1 Å². The van der Waals surface area contributed by atoms with Crippen molar-refractivity contribution in [2.45, 2.75) is 63.8 Å². The van der Waals surface area contributed by atoms with Crippen LogP contribution < -0.4 is 5.32 Å². The number of rotatable bonds is 6. The molecule has 2 aromatic rings. The van der Waals surface area contributed by atoms with Crippen molar-refractivity contribution < 1.29 is 41.0 Å². The van der Waals surface area contributed by atoms with E-state index in [0.717, 1.165) is 17.0 Å². The number of hydrogen-bond donors (Lipinski definition) is 2. The minimum absolute atomic E-state index is 0.00853. The lowest BCUT2D eigenvalue weighted by atomic mass is 9.98. The van der Waals surface area contributed by atoms with E-state index >= 15 is 0 Å². The van der Waals surface area contributed by atoms with Gasteiger partial charge in [0.25, 0.3) is 5.91 Å². The van der Waals surface area contributed by atoms with Gasteiger partial charge in [-0.15, -0.1) is 0 Å². The Kier molecular flexibility index (Phi) is 9.27. The SMILES string of the molecule is CCS(=O)(=O)c1ccc(Cl)cc1CN1C(=O)c2cc(C(F)(F)F)cc(CN3CCN(C(=O)OC(C)(C)C)CC3)c2NC1O. The van der Waals surface area contributed by atoms with Crippen molar-refractivity contribution in [1.82, 2.24) is 14.7 Å². The van der Waals surface area contributed by atoms with Crippen LogP contribution in [0.5, 0.6) is 0 Å². The number of carbonyl (C=O) groups excluding carboxylic acids is 2. The van der Waals surface area contributed by atoms with Gasteiger partial charge in [-0.05, 0) is 62.2 Å². The van der Waals surface area contributed by atoms with Crippen LogP contribution in [-0.2, 0) is 33.8 Å². The van der Waals surface area contributed by atoms with E-state index in [-0.39, 0.29) is 44.6 Å². The fraction of sp³-hybridized carbons (Fsp3) is 0.500. The van der Waals surface area contributed by atoms with Crippen LogP contribution in [0.15, 0.2) is 35.2 Å². The molecule has 0 aromatic heterocycles. The quantitative estimate of drug-likeness (QED) is 0.469. The maximum absolute atomic E-state index is 14.0. The minimum atomic E-state index is -4.77. The highest BCUT2D eigenvalue weighted by atomic mass is 35.5. The summed E-state index contributed by atoms with van der Waals surface area (Å²) in [7, 11) is -3.74. The van der Waals surface area contributed by atoms with Gasteiger partial charge in [0.2, 0.25) is 6.35 Å². The zero-order valence-corrected chi connectivity index (χ0v) is 25.7. The van der Waals surface area contributed by atoms with Gasteiger partial charge < -0.3 is 20.1 Å². The second kappa shape index (κ2) is 12.1. The monoisotopic (exact) mass is 646 g/mol. The van der Waals surface area contributed by atoms with Crippen LogP contribution in [0.4, 0.5) is 23.7 Å². The van der Waals surface area contributed by atoms with Gasteiger partial charge >= 0.3 is 12.3 Å². The molecule has 15 heteroatoms. The van der Waals surface area contributed by atoms with Crippen LogP contribution in [0.1, 0.15) is 54.7 Å². The van der Waals surface area contributed by atoms with E-state index in [9.17, 15) is 36.3 Å². The van der Waals surface area contributed by atoms with Crippen molar-refractivity contribution in [2.75, 3.05) is 37.2 Å². The van der Waals surface area contributed by atoms with Crippen molar-refractivity contribution in [1.29, 1.82) is 0 Å². The van der Waals surface area contributed by atoms with Crippen LogP contribution in [0.3, 0.4) is 0 Å². The number of fused-ring (bicyclic) bond motifs is 1. The fourth-order valence-electron chi connectivity index (χ4n) is 4.93. The molecule has 1 unspecified atom stereocenters. The number of piperazine rings is 1. The van der Waals surface area contributed by atoms with Crippen molar-refractivity contribution in [3.8, 4) is 0 Å². The first kappa shape index (κ1) is 32.8. The summed E-state index contributed by atoms with van der Waals surface area (Å²) in [6.07, 6.45) is -6.92. The number of ether oxygens (including phenoxy) is 1. The number of halogens is 4. The Morgan fingerprint density at radius 3 is 2.30 bits per heavy atom. The average Bonchev–Trinajstić information content (AvgIpc) is 2.90. The topological polar surface area (TPSA) is 119 Å². The van der Waals surface area contributed by atoms with Crippen LogP contribution >= 0.6 is 11.6 Å². The molecule has 1 saturated heterocycles. The lowest BCUT2D eigenvalue weighted by Gasteiger charge is -2.38. The largest absolute Gasteiger partial charge is 0.444 e. The van der Waals surface area contributed by atoms with Gasteiger partial charge in [0.1, 0.15) is 5.60 Å². The van der Waals surface area contributed by atoms with Crippen molar-refractivity contribution in [3.63, 3.8) is 0 Å². The molecule has 1 fully saturated rings. The first-order valence-corrected chi connectivity index (χ1v) is 15.6. The number of nitrogens with zero attached hydrogens (tertiary/aromatic N) is 3. The highest BCUT2D eigenvalue weighted by Crippen LogP contribution is 2.38. The number of hydrogen-bond acceptors (Lipinski definition) is 8. The molecule has 0 spiro atoms. The van der Waals surface area contributed by atoms with Gasteiger partial charge in [0, 0.05) is 37.7 Å². The second-order valence-electron chi connectivity index (χ2n) is 11.4. The number of anilines is 1. The summed E-state index contributed by atoms with van der Waals surface area (Å²) in [5, 5.41) is 13.9. The van der Waals surface area contributed by atoms with Gasteiger partial charge in [0.15, 0.2) is 9.84 Å². The van der Waals surface area contributed by atoms with Gasteiger partial charge in [-0.25, -0.2) is 13.2 Å². The van der Waals surface area contributed by atoms with E-state index in [0.29, 0.717) is 26.2 Å². The highest BCUT2D eigenvalue weighted by molar-refractivity contribution is 7.91. The lowest BCUT2D eigenvalue weighted by molar-refractivity contribution is -0.137. The molecule has 2 N–H and O–H groups in total. The molecule has 10 nitrogen and oxygen atoms in total. The van der Waals surface area contributed by atoms with Crippen LogP contribution in [0.25, 0.3) is 0 Å². The smallest absolute Gasteiger partial charge is 0.416 e. The summed E-state index contributed by atoms with van der Waals surface area (Å²) >= 11 is 6.09. The standard InChI is InChI=1S/C28H34ClF3N4O6S/c1-5-43(40,41)22-7-6-20(29)13-17(22)16-36-24(37)21-14-19(28(30,31)32)12-18(23(21)33-25(36)38)15-34-8-10-35(11-9-34)26(39)42-27(2,3)4/h6-7,12-14,25,33,38H,5,8-11,15-16H2,1-4H3. The van der Waals surface area contributed by atoms with E-state index in [1.54, 1.807) is 20.8 Å². The molecule has 0 saturated carbocycles. The molecular formula is C28H34ClF3N4O6S. The van der Waals surface area contributed by atoms with Crippen LogP contribution in [0.2, 0.25) is 5.02 Å². The van der Waals surface area contributed by atoms with Crippen molar-refractivity contribution in [3.05, 3.63) is 57.6 Å². The van der Waals surface area contributed by atoms with Crippen LogP contribution in [-0.4, -0.2) is 84.1 Å². The summed E-state index contributed by atoms with van der Waals surface area (Å²) in [6.45, 7) is 7.56. The number of aliphatic hydroxyl groups excluding tert-OH is 1. The summed E-state index contributed by atoms with van der Waals surface area (Å²) in [6, 6.07) is 5.67. The molecular weight excluding hydrogens is 613 g/mol. The highest BCUT2D eigenvalue weighted by Gasteiger charge is 2.39. The number of benzene rings is 2. The van der Waals surface area contributed by atoms with Gasteiger partial charge in [-0.3, -0.25) is 14.6 Å². The van der Waals surface area contributed by atoms with E-state index in [4.69, 9.17) is 16.3 Å². The Balaban J connectivity index is 1.62. The lowest BCUT2D eigenvalue weighted by Crippen LogP contribution is -2.50. The summed E-state index contributed by atoms with van der Waals surface area (Å²) in [4.78, 5) is 30.1. The Hall–Kier alpha value is -3.07. The van der Waals surface area contributed by atoms with Crippen LogP contribution in [0, 0.1) is 0 Å². The number of nitrogens with one attached hydrogen (secondary N) is 1. The summed E-state index contributed by atoms with van der Waals surface area (Å²) < 4.78 is 72.6. The third kappa shape index (κ3) is 7.54. The molecule has 2 aliphatic heterocycles. The maximum atomic E-state index is 14.0. The van der Waals surface area contributed by atoms with Gasteiger partial charge in [-0.1, -0.05) is 18.5 Å². The van der Waals surface area contributed by atoms with Gasteiger partial charge in [-0.2, -0.15) is 13.2 Å². The van der Waals surface area contributed by atoms with E-state index in [1.165, 1.54) is 30.0 Å². The first-order chi connectivity index (χ1) is 19.9. The molecule has 1 atom stereocenters. The Labute approximate surface area is 253 Å². The van der Waals surface area contributed by atoms with Crippen molar-refractivity contribution in [2.24, 2.45) is 0 Å². The predicted octanol–water partition coefficient (Wildman–Crippen LogP) is 4.55. The number of alkyl halides is 3. The second-order valence-corrected chi connectivity index (χ2v) is 14.1. The number of sulfone groups is 1. The van der Waals surface area contributed by atoms with E-state index in [1.807, 2.05) is 4.90 Å². The fourth-order valence-corrected chi connectivity index (χ4v) is 6.23. The zero-order chi connectivity index (χ0) is 31.9. The third-order valence-corrected chi connectivity index (χ3v) is 9.17. The molecule has 2 amide bonds. The number of amides is 2. The minimum Gasteiger partial charge on any atom is -0.444 e. The molecule has 2 aromatic carbocycles. The Morgan fingerprint density at radius 1 is 1.07 bits per heavy atom. The van der Waals surface area contributed by atoms with Gasteiger partial charge in [0.05, 0.1) is 34.0 Å². The number of aliphatic hydroxyl groups is 1. The molecule has 2 aliphatic rings. The predicted molar refractivity (Wildman–Crippen MR) is 153 cm³/mol. The molecule has 43 heavy (non-hydrogen) atoms. The normalized spacial score (nSPS) is 18.3. The Bertz CT molecular complexity index is 1510. The molecule has 4 rings (SSSR count). The Morgan fingerprint density at radius 2 is 1.72 bits per heavy atom. The average molecular weight is 647 g/mol. The first-order valence-electron chi connectivity index (χ1n) is 13.6. The molecule has 2 heterocycles. The van der Waals surface area contributed by atoms with E-state index in [2.05, 4.69) is 5.32 Å². The molecule has 0 aliphatic carbocycles. The molecule has 0 bridgehead atoms. The number of carbonyl (C=O) groups is 2. The maximum Gasteiger partial charge on any atom is 0.416 e.